The molecule has 1 unspecified atom stereocenters. The number of carbonyl (C=O) groups is 1. The molecule has 0 saturated heterocycles. The van der Waals surface area contributed by atoms with E-state index < -0.39 is 15.6 Å². The topological polar surface area (TPSA) is 92.5 Å². The van der Waals surface area contributed by atoms with Crippen molar-refractivity contribution in [3.8, 4) is 0 Å². The van der Waals surface area contributed by atoms with Gasteiger partial charge in [0.2, 0.25) is 15.9 Å². The quantitative estimate of drug-likeness (QED) is 0.819. The van der Waals surface area contributed by atoms with Crippen molar-refractivity contribution >= 4 is 34.0 Å². The van der Waals surface area contributed by atoms with Gasteiger partial charge < -0.3 is 11.1 Å². The van der Waals surface area contributed by atoms with Gasteiger partial charge in [0.1, 0.15) is 0 Å². The molecule has 0 bridgehead atoms. The fourth-order valence-electron chi connectivity index (χ4n) is 1.85. The lowest BCUT2D eigenvalue weighted by atomic mass is 9.96. The van der Waals surface area contributed by atoms with Gasteiger partial charge in [-0.2, -0.15) is 0 Å². The SMILES string of the molecule is CCCC(C)(N)C(=O)Nc1cccc(S(=O)(=O)N(C)C)c1.Cl. The van der Waals surface area contributed by atoms with Crippen LogP contribution in [0.1, 0.15) is 26.7 Å². The summed E-state index contributed by atoms with van der Waals surface area (Å²) in [5, 5.41) is 2.67. The van der Waals surface area contributed by atoms with Crippen molar-refractivity contribution in [3.05, 3.63) is 24.3 Å². The van der Waals surface area contributed by atoms with Crippen LogP contribution in [0.4, 0.5) is 5.69 Å². The molecular formula is C14H24ClN3O3S. The minimum Gasteiger partial charge on any atom is -0.324 e. The Kier molecular flexibility index (Phi) is 7.50. The molecule has 0 heterocycles. The number of hydrogen-bond donors (Lipinski definition) is 2. The molecule has 0 aliphatic heterocycles. The summed E-state index contributed by atoms with van der Waals surface area (Å²) in [4.78, 5) is 12.2. The average molecular weight is 350 g/mol. The third-order valence-electron chi connectivity index (χ3n) is 3.16. The highest BCUT2D eigenvalue weighted by Gasteiger charge is 2.27. The average Bonchev–Trinajstić information content (AvgIpc) is 2.38. The highest BCUT2D eigenvalue weighted by Crippen LogP contribution is 2.19. The third-order valence-corrected chi connectivity index (χ3v) is 4.97. The van der Waals surface area contributed by atoms with Gasteiger partial charge in [-0.05, 0) is 31.5 Å². The molecule has 1 amide bonds. The molecule has 6 nitrogen and oxygen atoms in total. The molecule has 0 radical (unpaired) electrons. The second kappa shape index (κ2) is 7.92. The first-order valence-corrected chi connectivity index (χ1v) is 8.18. The number of nitrogens with zero attached hydrogens (tertiary/aromatic N) is 1. The summed E-state index contributed by atoms with van der Waals surface area (Å²) in [5.74, 6) is -0.330. The van der Waals surface area contributed by atoms with Gasteiger partial charge in [0, 0.05) is 19.8 Å². The molecule has 8 heteroatoms. The molecule has 1 atom stereocenters. The lowest BCUT2D eigenvalue weighted by molar-refractivity contribution is -0.120. The summed E-state index contributed by atoms with van der Waals surface area (Å²) in [6.45, 7) is 3.61. The Bertz CT molecular complexity index is 616. The number of hydrogen-bond acceptors (Lipinski definition) is 4. The van der Waals surface area contributed by atoms with E-state index in [0.29, 0.717) is 12.1 Å². The number of halogens is 1. The number of sulfonamides is 1. The van der Waals surface area contributed by atoms with E-state index in [-0.39, 0.29) is 23.2 Å². The normalized spacial score (nSPS) is 14.1. The van der Waals surface area contributed by atoms with E-state index >= 15 is 0 Å². The number of rotatable bonds is 6. The Balaban J connectivity index is 0.00000441. The molecule has 22 heavy (non-hydrogen) atoms. The standard InChI is InChI=1S/C14H23N3O3S.ClH/c1-5-9-14(2,15)13(18)16-11-7-6-8-12(10-11)21(19,20)17(3)4;/h6-8,10H,5,9,15H2,1-4H3,(H,16,18);1H. The Morgan fingerprint density at radius 2 is 1.95 bits per heavy atom. The van der Waals surface area contributed by atoms with Crippen molar-refractivity contribution in [1.29, 1.82) is 0 Å². The van der Waals surface area contributed by atoms with Crippen molar-refractivity contribution in [2.24, 2.45) is 5.73 Å². The molecule has 126 valence electrons. The van der Waals surface area contributed by atoms with E-state index in [9.17, 15) is 13.2 Å². The molecule has 0 spiro atoms. The molecule has 1 aromatic rings. The fourth-order valence-corrected chi connectivity index (χ4v) is 2.80. The number of carbonyl (C=O) groups excluding carboxylic acids is 1. The van der Waals surface area contributed by atoms with Crippen LogP contribution in [0.5, 0.6) is 0 Å². The maximum atomic E-state index is 12.1. The summed E-state index contributed by atoms with van der Waals surface area (Å²) in [7, 11) is -0.616. The Labute approximate surface area is 138 Å². The van der Waals surface area contributed by atoms with Crippen molar-refractivity contribution < 1.29 is 13.2 Å². The number of anilines is 1. The van der Waals surface area contributed by atoms with Gasteiger partial charge in [-0.1, -0.05) is 19.4 Å². The van der Waals surface area contributed by atoms with E-state index in [4.69, 9.17) is 5.73 Å². The highest BCUT2D eigenvalue weighted by atomic mass is 35.5. The molecule has 3 N–H and O–H groups in total. The minimum atomic E-state index is -3.53. The third kappa shape index (κ3) is 4.95. The molecule has 0 aliphatic carbocycles. The van der Waals surface area contributed by atoms with Crippen LogP contribution in [0.3, 0.4) is 0 Å². The largest absolute Gasteiger partial charge is 0.324 e. The van der Waals surface area contributed by atoms with Gasteiger partial charge in [0.05, 0.1) is 10.4 Å². The monoisotopic (exact) mass is 349 g/mol. The van der Waals surface area contributed by atoms with E-state index in [0.717, 1.165) is 10.7 Å². The van der Waals surface area contributed by atoms with Crippen molar-refractivity contribution in [2.45, 2.75) is 37.1 Å². The maximum absolute atomic E-state index is 12.1. The number of amides is 1. The lowest BCUT2D eigenvalue weighted by Gasteiger charge is -2.23. The molecular weight excluding hydrogens is 326 g/mol. The Hall–Kier alpha value is -1.15. The van der Waals surface area contributed by atoms with E-state index in [1.54, 1.807) is 19.1 Å². The molecule has 0 aromatic heterocycles. The summed E-state index contributed by atoms with van der Waals surface area (Å²) in [5.41, 5.74) is 5.38. The predicted octanol–water partition coefficient (Wildman–Crippen LogP) is 1.81. The molecule has 0 fully saturated rings. The maximum Gasteiger partial charge on any atom is 0.244 e. The van der Waals surface area contributed by atoms with E-state index in [2.05, 4.69) is 5.32 Å². The zero-order valence-corrected chi connectivity index (χ0v) is 14.9. The molecule has 1 aromatic carbocycles. The van der Waals surface area contributed by atoms with Crippen LogP contribution in [0.25, 0.3) is 0 Å². The zero-order chi connectivity index (χ0) is 16.3. The van der Waals surface area contributed by atoms with Crippen molar-refractivity contribution in [2.75, 3.05) is 19.4 Å². The Morgan fingerprint density at radius 3 is 2.45 bits per heavy atom. The van der Waals surface area contributed by atoms with E-state index in [1.165, 1.54) is 26.2 Å². The fraction of sp³-hybridized carbons (Fsp3) is 0.500. The van der Waals surface area contributed by atoms with Crippen LogP contribution in [-0.4, -0.2) is 38.3 Å². The molecule has 0 saturated carbocycles. The molecule has 1 rings (SSSR count). The molecule has 0 aliphatic rings. The number of nitrogens with two attached hydrogens (primary N) is 1. The van der Waals surface area contributed by atoms with Gasteiger partial charge >= 0.3 is 0 Å². The van der Waals surface area contributed by atoms with Crippen LogP contribution >= 0.6 is 12.4 Å². The highest BCUT2D eigenvalue weighted by molar-refractivity contribution is 7.89. The van der Waals surface area contributed by atoms with Gasteiger partial charge in [0.15, 0.2) is 0 Å². The van der Waals surface area contributed by atoms with Crippen LogP contribution in [0.2, 0.25) is 0 Å². The van der Waals surface area contributed by atoms with Crippen LogP contribution in [0.15, 0.2) is 29.2 Å². The Morgan fingerprint density at radius 1 is 1.36 bits per heavy atom. The van der Waals surface area contributed by atoms with Crippen LogP contribution in [-0.2, 0) is 14.8 Å². The van der Waals surface area contributed by atoms with Gasteiger partial charge in [-0.3, -0.25) is 4.79 Å². The van der Waals surface area contributed by atoms with Gasteiger partial charge in [0.25, 0.3) is 0 Å². The second-order valence-electron chi connectivity index (χ2n) is 5.44. The lowest BCUT2D eigenvalue weighted by Crippen LogP contribution is -2.48. The van der Waals surface area contributed by atoms with Crippen LogP contribution < -0.4 is 11.1 Å². The summed E-state index contributed by atoms with van der Waals surface area (Å²) < 4.78 is 25.2. The van der Waals surface area contributed by atoms with Gasteiger partial charge in [-0.15, -0.1) is 12.4 Å². The van der Waals surface area contributed by atoms with Crippen molar-refractivity contribution in [3.63, 3.8) is 0 Å². The minimum absolute atomic E-state index is 0. The summed E-state index contributed by atoms with van der Waals surface area (Å²) >= 11 is 0. The smallest absolute Gasteiger partial charge is 0.244 e. The first kappa shape index (κ1) is 20.9. The summed E-state index contributed by atoms with van der Waals surface area (Å²) in [6.07, 6.45) is 1.34. The van der Waals surface area contributed by atoms with E-state index in [1.807, 2.05) is 6.92 Å². The van der Waals surface area contributed by atoms with Gasteiger partial charge in [-0.25, -0.2) is 12.7 Å². The summed E-state index contributed by atoms with van der Waals surface area (Å²) in [6, 6.07) is 6.13. The van der Waals surface area contributed by atoms with Crippen LogP contribution in [0, 0.1) is 0 Å². The first-order chi connectivity index (χ1) is 9.61. The van der Waals surface area contributed by atoms with Crippen molar-refractivity contribution in [1.82, 2.24) is 4.31 Å². The number of nitrogens with one attached hydrogen (secondary N) is 1. The first-order valence-electron chi connectivity index (χ1n) is 6.74. The predicted molar refractivity (Wildman–Crippen MR) is 90.7 cm³/mol. The second-order valence-corrected chi connectivity index (χ2v) is 7.59. The number of benzene rings is 1. The zero-order valence-electron chi connectivity index (χ0n) is 13.3.